The average molecular weight is 236 g/mol. The Morgan fingerprint density at radius 3 is 2.53 bits per heavy atom. The highest BCUT2D eigenvalue weighted by Gasteiger charge is 2.04. The second-order valence-corrected chi connectivity index (χ2v) is 4.80. The van der Waals surface area contributed by atoms with Crippen LogP contribution in [0.2, 0.25) is 0 Å². The molecule has 0 unspecified atom stereocenters. The molecule has 0 spiro atoms. The van der Waals surface area contributed by atoms with Crippen molar-refractivity contribution in [2.24, 2.45) is 0 Å². The van der Waals surface area contributed by atoms with Gasteiger partial charge in [0.1, 0.15) is 0 Å². The number of hydrogen-bond donors (Lipinski definition) is 0. The topological polar surface area (TPSA) is 26.3 Å². The Bertz CT molecular complexity index is 163. The SMILES string of the molecule is CC(C)OC(=O)CSCCCCCCF. The van der Waals surface area contributed by atoms with E-state index in [1.54, 1.807) is 11.8 Å². The van der Waals surface area contributed by atoms with Gasteiger partial charge in [0.2, 0.25) is 0 Å². The minimum Gasteiger partial charge on any atom is -0.462 e. The van der Waals surface area contributed by atoms with Crippen LogP contribution in [0.25, 0.3) is 0 Å². The van der Waals surface area contributed by atoms with Crippen molar-refractivity contribution in [3.05, 3.63) is 0 Å². The summed E-state index contributed by atoms with van der Waals surface area (Å²) in [6.07, 6.45) is 3.70. The molecule has 0 heterocycles. The standard InChI is InChI=1S/C11H21FO2S/c1-10(2)14-11(13)9-15-8-6-4-3-5-7-12/h10H,3-9H2,1-2H3. The molecule has 0 amide bonds. The van der Waals surface area contributed by atoms with Gasteiger partial charge in [0.15, 0.2) is 0 Å². The minimum atomic E-state index is -0.214. The monoisotopic (exact) mass is 236 g/mol. The van der Waals surface area contributed by atoms with Crippen molar-refractivity contribution in [2.75, 3.05) is 18.2 Å². The molecule has 0 fully saturated rings. The molecule has 0 aliphatic heterocycles. The first-order valence-corrected chi connectivity index (χ1v) is 6.65. The summed E-state index contributed by atoms with van der Waals surface area (Å²) in [5.41, 5.74) is 0. The molecular weight excluding hydrogens is 215 g/mol. The predicted molar refractivity (Wildman–Crippen MR) is 63.0 cm³/mol. The second-order valence-electron chi connectivity index (χ2n) is 3.69. The molecule has 0 saturated heterocycles. The molecule has 0 aromatic heterocycles. The van der Waals surface area contributed by atoms with Crippen molar-refractivity contribution < 1.29 is 13.9 Å². The number of rotatable bonds is 9. The number of thioether (sulfide) groups is 1. The maximum Gasteiger partial charge on any atom is 0.316 e. The lowest BCUT2D eigenvalue weighted by Crippen LogP contribution is -2.13. The van der Waals surface area contributed by atoms with Gasteiger partial charge in [-0.15, -0.1) is 0 Å². The zero-order chi connectivity index (χ0) is 11.5. The highest BCUT2D eigenvalue weighted by atomic mass is 32.2. The molecule has 0 radical (unpaired) electrons. The van der Waals surface area contributed by atoms with Crippen molar-refractivity contribution in [2.45, 2.75) is 45.6 Å². The Kier molecular flexibility index (Phi) is 10.1. The number of carbonyl (C=O) groups is 1. The van der Waals surface area contributed by atoms with Crippen LogP contribution < -0.4 is 0 Å². The van der Waals surface area contributed by atoms with Crippen LogP contribution in [0.3, 0.4) is 0 Å². The number of esters is 1. The molecule has 0 N–H and O–H groups in total. The summed E-state index contributed by atoms with van der Waals surface area (Å²) >= 11 is 1.59. The molecule has 0 bridgehead atoms. The normalized spacial score (nSPS) is 10.7. The first-order chi connectivity index (χ1) is 7.16. The smallest absolute Gasteiger partial charge is 0.316 e. The third-order valence-electron chi connectivity index (χ3n) is 1.76. The van der Waals surface area contributed by atoms with Crippen LogP contribution in [0.15, 0.2) is 0 Å². The van der Waals surface area contributed by atoms with Gasteiger partial charge in [-0.3, -0.25) is 9.18 Å². The van der Waals surface area contributed by atoms with Gasteiger partial charge in [-0.1, -0.05) is 12.8 Å². The summed E-state index contributed by atoms with van der Waals surface area (Å²) in [5, 5.41) is 0. The van der Waals surface area contributed by atoms with Crippen LogP contribution in [0.1, 0.15) is 39.5 Å². The van der Waals surface area contributed by atoms with E-state index in [9.17, 15) is 9.18 Å². The van der Waals surface area contributed by atoms with E-state index >= 15 is 0 Å². The van der Waals surface area contributed by atoms with Gasteiger partial charge in [0.05, 0.1) is 18.5 Å². The van der Waals surface area contributed by atoms with E-state index in [0.29, 0.717) is 12.2 Å². The molecule has 0 atom stereocenters. The first-order valence-electron chi connectivity index (χ1n) is 5.50. The number of alkyl halides is 1. The molecule has 0 aliphatic carbocycles. The van der Waals surface area contributed by atoms with Gasteiger partial charge in [0, 0.05) is 0 Å². The Hall–Kier alpha value is -0.250. The third kappa shape index (κ3) is 11.7. The molecule has 90 valence electrons. The van der Waals surface area contributed by atoms with E-state index in [2.05, 4.69) is 0 Å². The van der Waals surface area contributed by atoms with E-state index < -0.39 is 0 Å². The van der Waals surface area contributed by atoms with E-state index in [-0.39, 0.29) is 18.7 Å². The van der Waals surface area contributed by atoms with E-state index in [1.165, 1.54) is 0 Å². The van der Waals surface area contributed by atoms with Gasteiger partial charge >= 0.3 is 5.97 Å². The van der Waals surface area contributed by atoms with E-state index in [1.807, 2.05) is 13.8 Å². The van der Waals surface area contributed by atoms with Gasteiger partial charge in [-0.2, -0.15) is 11.8 Å². The van der Waals surface area contributed by atoms with Gasteiger partial charge in [-0.05, 0) is 32.4 Å². The lowest BCUT2D eigenvalue weighted by atomic mass is 10.2. The fraction of sp³-hybridized carbons (Fsp3) is 0.909. The number of carbonyl (C=O) groups excluding carboxylic acids is 1. The zero-order valence-electron chi connectivity index (χ0n) is 9.63. The zero-order valence-corrected chi connectivity index (χ0v) is 10.4. The molecule has 2 nitrogen and oxygen atoms in total. The molecule has 0 saturated carbocycles. The van der Waals surface area contributed by atoms with Crippen molar-refractivity contribution in [1.29, 1.82) is 0 Å². The van der Waals surface area contributed by atoms with Crippen LogP contribution in [-0.4, -0.2) is 30.3 Å². The number of hydrogen-bond acceptors (Lipinski definition) is 3. The van der Waals surface area contributed by atoms with E-state index in [0.717, 1.165) is 25.0 Å². The van der Waals surface area contributed by atoms with Crippen molar-refractivity contribution in [3.63, 3.8) is 0 Å². The predicted octanol–water partition coefficient (Wildman–Crippen LogP) is 3.20. The summed E-state index contributed by atoms with van der Waals surface area (Å²) < 4.78 is 16.7. The number of ether oxygens (including phenoxy) is 1. The summed E-state index contributed by atoms with van der Waals surface area (Å²) in [6.45, 7) is 3.48. The Morgan fingerprint density at radius 2 is 1.93 bits per heavy atom. The van der Waals surface area contributed by atoms with Crippen LogP contribution in [-0.2, 0) is 9.53 Å². The summed E-state index contributed by atoms with van der Waals surface area (Å²) in [4.78, 5) is 11.1. The molecule has 0 aliphatic rings. The largest absolute Gasteiger partial charge is 0.462 e. The highest BCUT2D eigenvalue weighted by Crippen LogP contribution is 2.08. The number of unbranched alkanes of at least 4 members (excludes halogenated alkanes) is 3. The van der Waals surface area contributed by atoms with Crippen molar-refractivity contribution >= 4 is 17.7 Å². The van der Waals surface area contributed by atoms with Crippen LogP contribution >= 0.6 is 11.8 Å². The molecular formula is C11H21FO2S. The Morgan fingerprint density at radius 1 is 1.27 bits per heavy atom. The van der Waals surface area contributed by atoms with Crippen LogP contribution in [0, 0.1) is 0 Å². The molecule has 0 aromatic carbocycles. The van der Waals surface area contributed by atoms with Crippen molar-refractivity contribution in [1.82, 2.24) is 0 Å². The van der Waals surface area contributed by atoms with Gasteiger partial charge in [0.25, 0.3) is 0 Å². The quantitative estimate of drug-likeness (QED) is 0.454. The second kappa shape index (κ2) is 10.3. The Labute approximate surface area is 96.0 Å². The molecule has 4 heteroatoms. The lowest BCUT2D eigenvalue weighted by Gasteiger charge is -2.07. The van der Waals surface area contributed by atoms with E-state index in [4.69, 9.17) is 4.74 Å². The van der Waals surface area contributed by atoms with Crippen LogP contribution in [0.5, 0.6) is 0 Å². The fourth-order valence-electron chi connectivity index (χ4n) is 1.10. The highest BCUT2D eigenvalue weighted by molar-refractivity contribution is 7.99. The summed E-state index contributed by atoms with van der Waals surface area (Å²) in [5.74, 6) is 1.25. The summed E-state index contributed by atoms with van der Waals surface area (Å²) in [6, 6.07) is 0. The Balaban J connectivity index is 3.13. The van der Waals surface area contributed by atoms with Crippen LogP contribution in [0.4, 0.5) is 4.39 Å². The molecule has 0 aromatic rings. The maximum absolute atomic E-state index is 11.7. The van der Waals surface area contributed by atoms with Gasteiger partial charge in [-0.25, -0.2) is 0 Å². The first kappa shape index (κ1) is 14.8. The molecule has 0 rings (SSSR count). The fourth-order valence-corrected chi connectivity index (χ4v) is 1.89. The summed E-state index contributed by atoms with van der Waals surface area (Å²) in [7, 11) is 0. The number of halogens is 1. The third-order valence-corrected chi connectivity index (χ3v) is 2.78. The lowest BCUT2D eigenvalue weighted by molar-refractivity contribution is -0.144. The minimum absolute atomic E-state index is 0.0253. The molecule has 15 heavy (non-hydrogen) atoms. The average Bonchev–Trinajstić information content (AvgIpc) is 2.15. The van der Waals surface area contributed by atoms with Gasteiger partial charge < -0.3 is 4.74 Å². The van der Waals surface area contributed by atoms with Crippen molar-refractivity contribution in [3.8, 4) is 0 Å². The maximum atomic E-state index is 11.7.